The first-order valence-electron chi connectivity index (χ1n) is 4.84. The lowest BCUT2D eigenvalue weighted by Gasteiger charge is -2.14. The lowest BCUT2D eigenvalue weighted by molar-refractivity contribution is 0.0523. The van der Waals surface area contributed by atoms with Crippen molar-refractivity contribution in [2.24, 2.45) is 0 Å². The fourth-order valence-corrected chi connectivity index (χ4v) is 1.20. The van der Waals surface area contributed by atoms with Gasteiger partial charge in [0.15, 0.2) is 0 Å². The van der Waals surface area contributed by atoms with Gasteiger partial charge in [-0.2, -0.15) is 0 Å². The van der Waals surface area contributed by atoms with Gasteiger partial charge in [0.25, 0.3) is 0 Å². The van der Waals surface area contributed by atoms with Crippen molar-refractivity contribution >= 4 is 0 Å². The van der Waals surface area contributed by atoms with Crippen molar-refractivity contribution in [3.05, 3.63) is 29.8 Å². The van der Waals surface area contributed by atoms with Crippen LogP contribution in [0, 0.1) is 0 Å². The second-order valence-corrected chi connectivity index (χ2v) is 3.36. The maximum atomic E-state index is 9.44. The molecule has 1 rings (SSSR count). The standard InChI is InChI=1S/C11H16O4/c1-8(13)10-4-2-3-5-11(10)15-7-9(14)6-12/h2-5,8-9,12-14H,6-7H2,1H3. The van der Waals surface area contributed by atoms with Crippen molar-refractivity contribution in [1.82, 2.24) is 0 Å². The fraction of sp³-hybridized carbons (Fsp3) is 0.455. The molecule has 0 fully saturated rings. The summed E-state index contributed by atoms with van der Waals surface area (Å²) in [6.45, 7) is 1.32. The van der Waals surface area contributed by atoms with E-state index in [0.29, 0.717) is 11.3 Å². The number of para-hydroxylation sites is 1. The second kappa shape index (κ2) is 5.70. The van der Waals surface area contributed by atoms with Gasteiger partial charge in [0.05, 0.1) is 12.7 Å². The molecular formula is C11H16O4. The predicted octanol–water partition coefficient (Wildman–Crippen LogP) is 0.472. The van der Waals surface area contributed by atoms with Crippen LogP contribution in [0.2, 0.25) is 0 Å². The molecule has 15 heavy (non-hydrogen) atoms. The minimum absolute atomic E-state index is 0.0141. The van der Waals surface area contributed by atoms with Gasteiger partial charge in [0.2, 0.25) is 0 Å². The first kappa shape index (κ1) is 12.0. The Morgan fingerprint density at radius 1 is 1.27 bits per heavy atom. The van der Waals surface area contributed by atoms with Gasteiger partial charge in [-0.25, -0.2) is 0 Å². The summed E-state index contributed by atoms with van der Waals surface area (Å²) >= 11 is 0. The summed E-state index contributed by atoms with van der Waals surface area (Å²) in [5.41, 5.74) is 0.669. The summed E-state index contributed by atoms with van der Waals surface area (Å²) in [4.78, 5) is 0. The molecular weight excluding hydrogens is 196 g/mol. The Bertz CT molecular complexity index is 298. The highest BCUT2D eigenvalue weighted by Gasteiger charge is 2.09. The topological polar surface area (TPSA) is 69.9 Å². The van der Waals surface area contributed by atoms with Crippen LogP contribution in [0.5, 0.6) is 5.75 Å². The van der Waals surface area contributed by atoms with Gasteiger partial charge in [-0.05, 0) is 13.0 Å². The number of hydrogen-bond acceptors (Lipinski definition) is 4. The third-order valence-electron chi connectivity index (χ3n) is 2.01. The first-order chi connectivity index (χ1) is 7.15. The van der Waals surface area contributed by atoms with Gasteiger partial charge in [0, 0.05) is 5.56 Å². The van der Waals surface area contributed by atoms with Gasteiger partial charge in [-0.1, -0.05) is 18.2 Å². The van der Waals surface area contributed by atoms with Crippen LogP contribution >= 0.6 is 0 Å². The lowest BCUT2D eigenvalue weighted by Crippen LogP contribution is -2.21. The number of benzene rings is 1. The highest BCUT2D eigenvalue weighted by molar-refractivity contribution is 5.34. The van der Waals surface area contributed by atoms with E-state index in [1.165, 1.54) is 0 Å². The van der Waals surface area contributed by atoms with Gasteiger partial charge >= 0.3 is 0 Å². The Morgan fingerprint density at radius 3 is 2.53 bits per heavy atom. The maximum absolute atomic E-state index is 9.44. The quantitative estimate of drug-likeness (QED) is 0.663. The third-order valence-corrected chi connectivity index (χ3v) is 2.01. The maximum Gasteiger partial charge on any atom is 0.125 e. The average molecular weight is 212 g/mol. The molecule has 2 unspecified atom stereocenters. The largest absolute Gasteiger partial charge is 0.490 e. The Hall–Kier alpha value is -1.10. The molecule has 1 aromatic rings. The molecule has 84 valence electrons. The minimum Gasteiger partial charge on any atom is -0.490 e. The molecule has 0 saturated heterocycles. The normalized spacial score (nSPS) is 14.7. The monoisotopic (exact) mass is 212 g/mol. The van der Waals surface area contributed by atoms with Crippen LogP contribution in [0.4, 0.5) is 0 Å². The molecule has 1 aromatic carbocycles. The number of rotatable bonds is 5. The van der Waals surface area contributed by atoms with E-state index in [9.17, 15) is 5.11 Å². The number of aliphatic hydroxyl groups excluding tert-OH is 3. The van der Waals surface area contributed by atoms with Crippen molar-refractivity contribution in [3.63, 3.8) is 0 Å². The lowest BCUT2D eigenvalue weighted by atomic mass is 10.1. The molecule has 0 radical (unpaired) electrons. The van der Waals surface area contributed by atoms with E-state index in [2.05, 4.69) is 0 Å². The highest BCUT2D eigenvalue weighted by Crippen LogP contribution is 2.24. The molecule has 0 aliphatic heterocycles. The zero-order valence-corrected chi connectivity index (χ0v) is 8.63. The second-order valence-electron chi connectivity index (χ2n) is 3.36. The van der Waals surface area contributed by atoms with Crippen molar-refractivity contribution < 1.29 is 20.1 Å². The van der Waals surface area contributed by atoms with Crippen LogP contribution in [0.1, 0.15) is 18.6 Å². The summed E-state index contributed by atoms with van der Waals surface area (Å²) in [6, 6.07) is 7.06. The summed E-state index contributed by atoms with van der Waals surface area (Å²) in [5.74, 6) is 0.528. The fourth-order valence-electron chi connectivity index (χ4n) is 1.20. The first-order valence-corrected chi connectivity index (χ1v) is 4.84. The van der Waals surface area contributed by atoms with Crippen LogP contribution in [-0.2, 0) is 0 Å². The zero-order valence-electron chi connectivity index (χ0n) is 8.63. The summed E-state index contributed by atoms with van der Waals surface area (Å²) < 4.78 is 5.28. The number of aliphatic hydroxyl groups is 3. The third kappa shape index (κ3) is 3.51. The Morgan fingerprint density at radius 2 is 1.93 bits per heavy atom. The number of hydrogen-bond donors (Lipinski definition) is 3. The van der Waals surface area contributed by atoms with Crippen LogP contribution in [0.25, 0.3) is 0 Å². The molecule has 0 spiro atoms. The van der Waals surface area contributed by atoms with E-state index >= 15 is 0 Å². The number of ether oxygens (including phenoxy) is 1. The Labute approximate surface area is 88.8 Å². The van der Waals surface area contributed by atoms with Crippen LogP contribution in [-0.4, -0.2) is 34.6 Å². The van der Waals surface area contributed by atoms with E-state index < -0.39 is 12.2 Å². The summed E-state index contributed by atoms with van der Waals surface area (Å²) in [5, 5.41) is 27.2. The van der Waals surface area contributed by atoms with Crippen LogP contribution in [0.15, 0.2) is 24.3 Å². The minimum atomic E-state index is -0.896. The van der Waals surface area contributed by atoms with E-state index in [4.69, 9.17) is 14.9 Å². The molecule has 0 aliphatic carbocycles. The molecule has 0 aliphatic rings. The smallest absolute Gasteiger partial charge is 0.125 e. The molecule has 4 nitrogen and oxygen atoms in total. The molecule has 4 heteroatoms. The highest BCUT2D eigenvalue weighted by atomic mass is 16.5. The van der Waals surface area contributed by atoms with Crippen molar-refractivity contribution in [2.75, 3.05) is 13.2 Å². The Balaban J connectivity index is 2.67. The van der Waals surface area contributed by atoms with Crippen molar-refractivity contribution in [2.45, 2.75) is 19.1 Å². The molecule has 0 amide bonds. The van der Waals surface area contributed by atoms with E-state index in [-0.39, 0.29) is 13.2 Å². The van der Waals surface area contributed by atoms with E-state index in [1.54, 1.807) is 31.2 Å². The van der Waals surface area contributed by atoms with Crippen LogP contribution < -0.4 is 4.74 Å². The molecule has 0 saturated carbocycles. The molecule has 3 N–H and O–H groups in total. The molecule has 0 bridgehead atoms. The van der Waals surface area contributed by atoms with Crippen LogP contribution in [0.3, 0.4) is 0 Å². The van der Waals surface area contributed by atoms with E-state index in [1.807, 2.05) is 0 Å². The molecule has 2 atom stereocenters. The predicted molar refractivity (Wildman–Crippen MR) is 55.7 cm³/mol. The van der Waals surface area contributed by atoms with E-state index in [0.717, 1.165) is 0 Å². The SMILES string of the molecule is CC(O)c1ccccc1OCC(O)CO. The summed E-state index contributed by atoms with van der Waals surface area (Å²) in [7, 11) is 0. The zero-order chi connectivity index (χ0) is 11.3. The molecule has 0 aromatic heterocycles. The van der Waals surface area contributed by atoms with Crippen molar-refractivity contribution in [3.8, 4) is 5.75 Å². The van der Waals surface area contributed by atoms with Crippen molar-refractivity contribution in [1.29, 1.82) is 0 Å². The Kier molecular flexibility index (Phi) is 4.55. The van der Waals surface area contributed by atoms with Gasteiger partial charge < -0.3 is 20.1 Å². The van der Waals surface area contributed by atoms with Gasteiger partial charge in [-0.3, -0.25) is 0 Å². The average Bonchev–Trinajstić information content (AvgIpc) is 2.26. The molecule has 0 heterocycles. The summed E-state index contributed by atoms with van der Waals surface area (Å²) in [6.07, 6.45) is -1.51. The van der Waals surface area contributed by atoms with Gasteiger partial charge in [0.1, 0.15) is 18.5 Å². The van der Waals surface area contributed by atoms with Gasteiger partial charge in [-0.15, -0.1) is 0 Å².